The maximum Gasteiger partial charge on any atom is 0.164 e. The number of methoxy groups -OCH3 is 3. The topological polar surface area (TPSA) is 58.4 Å². The molecule has 0 spiro atoms. The number of aryl methyl sites for hydroxylation is 1. The summed E-state index contributed by atoms with van der Waals surface area (Å²) in [5, 5.41) is 8.34. The van der Waals surface area contributed by atoms with Crippen molar-refractivity contribution in [1.29, 1.82) is 0 Å². The number of aromatic nitrogens is 3. The van der Waals surface area contributed by atoms with Crippen molar-refractivity contribution in [3.8, 4) is 34.2 Å². The number of nitrogens with zero attached hydrogens (tertiary/aromatic N) is 3. The second-order valence-corrected chi connectivity index (χ2v) is 5.86. The van der Waals surface area contributed by atoms with Crippen LogP contribution in [0, 0.1) is 0 Å². The van der Waals surface area contributed by atoms with Gasteiger partial charge in [0.2, 0.25) is 0 Å². The van der Waals surface area contributed by atoms with Gasteiger partial charge >= 0.3 is 0 Å². The summed E-state index contributed by atoms with van der Waals surface area (Å²) >= 11 is 0. The van der Waals surface area contributed by atoms with Gasteiger partial charge in [-0.05, 0) is 12.0 Å². The highest BCUT2D eigenvalue weighted by molar-refractivity contribution is 5.65. The van der Waals surface area contributed by atoms with Crippen molar-refractivity contribution in [3.63, 3.8) is 0 Å². The summed E-state index contributed by atoms with van der Waals surface area (Å²) in [6.45, 7) is 2.18. The van der Waals surface area contributed by atoms with E-state index in [9.17, 15) is 0 Å². The monoisotopic (exact) mass is 353 g/mol. The van der Waals surface area contributed by atoms with Crippen LogP contribution in [0.4, 0.5) is 0 Å². The first-order chi connectivity index (χ1) is 12.7. The Morgan fingerprint density at radius 1 is 0.885 bits per heavy atom. The van der Waals surface area contributed by atoms with Gasteiger partial charge in [0.25, 0.3) is 0 Å². The highest BCUT2D eigenvalue weighted by Crippen LogP contribution is 2.37. The van der Waals surface area contributed by atoms with Gasteiger partial charge in [0.15, 0.2) is 11.5 Å². The van der Waals surface area contributed by atoms with Crippen molar-refractivity contribution >= 4 is 0 Å². The summed E-state index contributed by atoms with van der Waals surface area (Å²) in [5.41, 5.74) is 3.96. The molecule has 26 heavy (non-hydrogen) atoms. The predicted molar refractivity (Wildman–Crippen MR) is 100 cm³/mol. The van der Waals surface area contributed by atoms with Gasteiger partial charge in [-0.2, -0.15) is 0 Å². The Labute approximate surface area is 153 Å². The number of hydrogen-bond acceptors (Lipinski definition) is 5. The van der Waals surface area contributed by atoms with Crippen molar-refractivity contribution in [2.45, 2.75) is 19.8 Å². The molecule has 0 fully saturated rings. The molecule has 136 valence electrons. The molecule has 0 aliphatic carbocycles. The van der Waals surface area contributed by atoms with E-state index in [1.807, 2.05) is 6.07 Å². The minimum Gasteiger partial charge on any atom is -0.494 e. The summed E-state index contributed by atoms with van der Waals surface area (Å²) < 4.78 is 18.0. The molecule has 3 rings (SSSR count). The van der Waals surface area contributed by atoms with Crippen LogP contribution < -0.4 is 14.2 Å². The van der Waals surface area contributed by atoms with E-state index >= 15 is 0 Å². The Bertz CT molecular complexity index is 873. The zero-order valence-electron chi connectivity index (χ0n) is 15.5. The van der Waals surface area contributed by atoms with E-state index in [1.54, 1.807) is 38.3 Å². The minimum absolute atomic E-state index is 0.596. The van der Waals surface area contributed by atoms with Gasteiger partial charge < -0.3 is 14.2 Å². The average molecular weight is 353 g/mol. The van der Waals surface area contributed by atoms with Gasteiger partial charge in [0.1, 0.15) is 11.4 Å². The van der Waals surface area contributed by atoms with Crippen LogP contribution in [0.15, 0.2) is 42.6 Å². The molecule has 1 aromatic heterocycles. The minimum atomic E-state index is 0.596. The molecular formula is C20H23N3O3. The van der Waals surface area contributed by atoms with Gasteiger partial charge in [0, 0.05) is 17.7 Å². The quantitative estimate of drug-likeness (QED) is 0.644. The van der Waals surface area contributed by atoms with E-state index in [0.29, 0.717) is 17.2 Å². The fourth-order valence-corrected chi connectivity index (χ4v) is 2.92. The van der Waals surface area contributed by atoms with E-state index in [0.717, 1.165) is 29.8 Å². The molecule has 0 atom stereocenters. The first-order valence-corrected chi connectivity index (χ1v) is 8.52. The predicted octanol–water partition coefficient (Wildman–Crippen LogP) is 3.91. The first-order valence-electron chi connectivity index (χ1n) is 8.52. The molecule has 0 radical (unpaired) electrons. The van der Waals surface area contributed by atoms with Gasteiger partial charge in [-0.3, -0.25) is 0 Å². The molecule has 0 aliphatic rings. The molecule has 0 aliphatic heterocycles. The second kappa shape index (κ2) is 7.91. The molecule has 1 heterocycles. The van der Waals surface area contributed by atoms with E-state index < -0.39 is 0 Å². The molecule has 6 heteroatoms. The smallest absolute Gasteiger partial charge is 0.164 e. The lowest BCUT2D eigenvalue weighted by Gasteiger charge is -2.15. The molecule has 0 amide bonds. The second-order valence-electron chi connectivity index (χ2n) is 5.86. The number of rotatable bonds is 7. The van der Waals surface area contributed by atoms with Crippen LogP contribution in [0.25, 0.3) is 16.9 Å². The maximum absolute atomic E-state index is 5.53. The van der Waals surface area contributed by atoms with E-state index in [2.05, 4.69) is 41.5 Å². The van der Waals surface area contributed by atoms with Crippen molar-refractivity contribution < 1.29 is 14.2 Å². The van der Waals surface area contributed by atoms with E-state index in [4.69, 9.17) is 14.2 Å². The van der Waals surface area contributed by atoms with Crippen LogP contribution in [0.5, 0.6) is 17.2 Å². The maximum atomic E-state index is 5.53. The molecular weight excluding hydrogens is 330 g/mol. The van der Waals surface area contributed by atoms with Crippen LogP contribution in [0.1, 0.15) is 18.9 Å². The molecule has 0 N–H and O–H groups in total. The lowest BCUT2D eigenvalue weighted by molar-refractivity contribution is 0.348. The Morgan fingerprint density at radius 3 is 2.15 bits per heavy atom. The Kier molecular flexibility index (Phi) is 5.41. The first kappa shape index (κ1) is 17.8. The van der Waals surface area contributed by atoms with Crippen LogP contribution in [-0.2, 0) is 6.42 Å². The lowest BCUT2D eigenvalue weighted by Crippen LogP contribution is -2.04. The number of ether oxygens (including phenoxy) is 3. The summed E-state index contributed by atoms with van der Waals surface area (Å²) in [4.78, 5) is 0. The number of benzene rings is 2. The summed E-state index contributed by atoms with van der Waals surface area (Å²) in [6, 6.07) is 12.1. The van der Waals surface area contributed by atoms with Crippen molar-refractivity contribution in [3.05, 3.63) is 48.2 Å². The van der Waals surface area contributed by atoms with Crippen LogP contribution in [0.3, 0.4) is 0 Å². The third-order valence-electron chi connectivity index (χ3n) is 4.25. The average Bonchev–Trinajstić information content (AvgIpc) is 3.17. The molecule has 0 bridgehead atoms. The Hall–Kier alpha value is -3.02. The molecule has 6 nitrogen and oxygen atoms in total. The zero-order valence-corrected chi connectivity index (χ0v) is 15.5. The SMILES string of the molecule is CCCc1ccc(-c2cnnn2-c2cc(OC)c(OC)cc2OC)cc1. The van der Waals surface area contributed by atoms with Gasteiger partial charge in [0.05, 0.1) is 33.2 Å². The van der Waals surface area contributed by atoms with Crippen molar-refractivity contribution in [2.75, 3.05) is 21.3 Å². The van der Waals surface area contributed by atoms with Gasteiger partial charge in [-0.15, -0.1) is 5.10 Å². The van der Waals surface area contributed by atoms with Crippen LogP contribution in [-0.4, -0.2) is 36.3 Å². The molecule has 0 unspecified atom stereocenters. The Morgan fingerprint density at radius 2 is 1.54 bits per heavy atom. The van der Waals surface area contributed by atoms with Crippen molar-refractivity contribution in [2.24, 2.45) is 0 Å². The van der Waals surface area contributed by atoms with Gasteiger partial charge in [-0.25, -0.2) is 4.68 Å². The standard InChI is InChI=1S/C20H23N3O3/c1-5-6-14-7-9-15(10-8-14)17-13-21-22-23(17)16-11-19(25-3)20(26-4)12-18(16)24-2/h7-13H,5-6H2,1-4H3. The highest BCUT2D eigenvalue weighted by Gasteiger charge is 2.17. The third kappa shape index (κ3) is 3.35. The fourth-order valence-electron chi connectivity index (χ4n) is 2.92. The van der Waals surface area contributed by atoms with E-state index in [-0.39, 0.29) is 0 Å². The largest absolute Gasteiger partial charge is 0.494 e. The zero-order chi connectivity index (χ0) is 18.5. The van der Waals surface area contributed by atoms with E-state index in [1.165, 1.54) is 5.56 Å². The normalized spacial score (nSPS) is 10.6. The van der Waals surface area contributed by atoms with Crippen LogP contribution >= 0.6 is 0 Å². The summed E-state index contributed by atoms with van der Waals surface area (Å²) in [6.07, 6.45) is 3.94. The molecule has 3 aromatic rings. The third-order valence-corrected chi connectivity index (χ3v) is 4.25. The molecule has 0 saturated carbocycles. The summed E-state index contributed by atoms with van der Waals surface area (Å²) in [5.74, 6) is 1.82. The van der Waals surface area contributed by atoms with Crippen molar-refractivity contribution in [1.82, 2.24) is 15.0 Å². The molecule has 2 aromatic carbocycles. The molecule has 0 saturated heterocycles. The summed E-state index contributed by atoms with van der Waals surface area (Å²) in [7, 11) is 4.80. The fraction of sp³-hybridized carbons (Fsp3) is 0.300. The van der Waals surface area contributed by atoms with Crippen LogP contribution in [0.2, 0.25) is 0 Å². The highest BCUT2D eigenvalue weighted by atomic mass is 16.5. The Balaban J connectivity index is 2.08. The number of hydrogen-bond donors (Lipinski definition) is 0. The lowest BCUT2D eigenvalue weighted by atomic mass is 10.1. The van der Waals surface area contributed by atoms with Gasteiger partial charge in [-0.1, -0.05) is 42.8 Å².